The van der Waals surface area contributed by atoms with Crippen LogP contribution in [0, 0.1) is 34.5 Å². The van der Waals surface area contributed by atoms with Crippen molar-refractivity contribution in [3.05, 3.63) is 23.3 Å². The standard InChI is InChI=1S/2C10H16/c2*1-7-4-5-8-6-9(7)10(8,2)3/h2*4,8-9H,5-6H2,1-3H3/t8-,9?;8-,9-/m10/s1. The molecule has 0 saturated heterocycles. The Morgan fingerprint density at radius 3 is 1.25 bits per heavy atom. The van der Waals surface area contributed by atoms with Crippen LogP contribution in [0.4, 0.5) is 0 Å². The summed E-state index contributed by atoms with van der Waals surface area (Å²) in [4.78, 5) is 0. The Labute approximate surface area is 125 Å². The van der Waals surface area contributed by atoms with Crippen molar-refractivity contribution >= 4 is 0 Å². The zero-order valence-electron chi connectivity index (χ0n) is 14.3. The van der Waals surface area contributed by atoms with Crippen LogP contribution in [0.1, 0.15) is 67.2 Å². The number of fused-ring (bicyclic) bond motifs is 2. The predicted molar refractivity (Wildman–Crippen MR) is 87.5 cm³/mol. The monoisotopic (exact) mass is 272 g/mol. The molecule has 0 heterocycles. The highest BCUT2D eigenvalue weighted by atomic mass is 14.5. The van der Waals surface area contributed by atoms with Gasteiger partial charge in [0, 0.05) is 0 Å². The molecule has 6 aliphatic rings. The van der Waals surface area contributed by atoms with Gasteiger partial charge in [0.1, 0.15) is 0 Å². The van der Waals surface area contributed by atoms with Crippen molar-refractivity contribution in [3.63, 3.8) is 0 Å². The van der Waals surface area contributed by atoms with Gasteiger partial charge in [-0.2, -0.15) is 0 Å². The summed E-state index contributed by atoms with van der Waals surface area (Å²) >= 11 is 0. The summed E-state index contributed by atoms with van der Waals surface area (Å²) in [5.74, 6) is 3.85. The van der Waals surface area contributed by atoms with E-state index in [4.69, 9.17) is 0 Å². The van der Waals surface area contributed by atoms with E-state index in [0.717, 1.165) is 23.7 Å². The summed E-state index contributed by atoms with van der Waals surface area (Å²) in [6.45, 7) is 14.3. The van der Waals surface area contributed by atoms with Gasteiger partial charge in [-0.05, 0) is 74.0 Å². The minimum atomic E-state index is 0.638. The maximum atomic E-state index is 2.43. The Bertz CT molecular complexity index is 416. The van der Waals surface area contributed by atoms with Crippen molar-refractivity contribution in [2.75, 3.05) is 0 Å². The quantitative estimate of drug-likeness (QED) is 0.475. The highest BCUT2D eigenvalue weighted by Crippen LogP contribution is 2.59. The normalized spacial score (nSPS) is 42.1. The van der Waals surface area contributed by atoms with E-state index in [9.17, 15) is 0 Å². The maximum absolute atomic E-state index is 2.43. The Kier molecular flexibility index (Phi) is 3.23. The molecule has 0 aromatic carbocycles. The summed E-state index contributed by atoms with van der Waals surface area (Å²) in [7, 11) is 0. The topological polar surface area (TPSA) is 0 Å². The molecule has 112 valence electrons. The first kappa shape index (κ1) is 14.4. The van der Waals surface area contributed by atoms with Gasteiger partial charge in [0.05, 0.1) is 0 Å². The average molecular weight is 272 g/mol. The van der Waals surface area contributed by atoms with Gasteiger partial charge in [0.15, 0.2) is 0 Å². The van der Waals surface area contributed by atoms with Crippen LogP contribution in [-0.2, 0) is 0 Å². The lowest BCUT2D eigenvalue weighted by Crippen LogP contribution is -2.47. The van der Waals surface area contributed by atoms with Crippen LogP contribution in [0.2, 0.25) is 0 Å². The molecule has 1 unspecified atom stereocenters. The molecule has 2 saturated carbocycles. The highest BCUT2D eigenvalue weighted by Gasteiger charge is 2.50. The largest absolute Gasteiger partial charge is 0.0850 e. The van der Waals surface area contributed by atoms with Crippen molar-refractivity contribution < 1.29 is 0 Å². The second-order valence-electron chi connectivity index (χ2n) is 8.98. The van der Waals surface area contributed by atoms with Crippen LogP contribution >= 0.6 is 0 Å². The summed E-state index contributed by atoms with van der Waals surface area (Å²) in [5, 5.41) is 0. The van der Waals surface area contributed by atoms with Crippen molar-refractivity contribution in [1.82, 2.24) is 0 Å². The van der Waals surface area contributed by atoms with Crippen LogP contribution in [0.15, 0.2) is 23.3 Å². The first-order valence-corrected chi connectivity index (χ1v) is 8.58. The molecule has 0 N–H and O–H groups in total. The second-order valence-corrected chi connectivity index (χ2v) is 8.98. The van der Waals surface area contributed by atoms with E-state index in [0.29, 0.717) is 10.8 Å². The third-order valence-electron chi connectivity index (χ3n) is 7.49. The van der Waals surface area contributed by atoms with E-state index in [1.165, 1.54) is 25.7 Å². The Morgan fingerprint density at radius 2 is 1.10 bits per heavy atom. The van der Waals surface area contributed by atoms with Gasteiger partial charge in [-0.25, -0.2) is 0 Å². The van der Waals surface area contributed by atoms with Crippen LogP contribution in [0.3, 0.4) is 0 Å². The molecule has 20 heavy (non-hydrogen) atoms. The van der Waals surface area contributed by atoms with Gasteiger partial charge in [-0.1, -0.05) is 51.0 Å². The fourth-order valence-electron chi connectivity index (χ4n) is 5.32. The number of hydrogen-bond donors (Lipinski definition) is 0. The van der Waals surface area contributed by atoms with Crippen LogP contribution in [-0.4, -0.2) is 0 Å². The summed E-state index contributed by atoms with van der Waals surface area (Å²) in [6, 6.07) is 0. The van der Waals surface area contributed by atoms with Crippen molar-refractivity contribution in [1.29, 1.82) is 0 Å². The third kappa shape index (κ3) is 1.94. The van der Waals surface area contributed by atoms with Gasteiger partial charge in [-0.15, -0.1) is 0 Å². The van der Waals surface area contributed by atoms with Gasteiger partial charge >= 0.3 is 0 Å². The molecule has 4 atom stereocenters. The predicted octanol–water partition coefficient (Wildman–Crippen LogP) is 6.00. The highest BCUT2D eigenvalue weighted by molar-refractivity contribution is 5.21. The molecular formula is C20H32. The van der Waals surface area contributed by atoms with Gasteiger partial charge in [0.25, 0.3) is 0 Å². The molecule has 6 rings (SSSR count). The molecule has 0 aromatic heterocycles. The van der Waals surface area contributed by atoms with Crippen molar-refractivity contribution in [2.24, 2.45) is 34.5 Å². The summed E-state index contributed by atoms with van der Waals surface area (Å²) in [6.07, 6.45) is 10.5. The fourth-order valence-corrected chi connectivity index (χ4v) is 5.32. The molecule has 0 amide bonds. The summed E-state index contributed by atoms with van der Waals surface area (Å²) < 4.78 is 0. The van der Waals surface area contributed by atoms with Gasteiger partial charge in [0.2, 0.25) is 0 Å². The van der Waals surface area contributed by atoms with Gasteiger partial charge in [-0.3, -0.25) is 0 Å². The zero-order valence-corrected chi connectivity index (χ0v) is 14.3. The maximum Gasteiger partial charge on any atom is -0.0149 e. The van der Waals surface area contributed by atoms with Crippen LogP contribution in [0.5, 0.6) is 0 Å². The lowest BCUT2D eigenvalue weighted by atomic mass is 9.49. The lowest BCUT2D eigenvalue weighted by molar-refractivity contribution is -0.00583. The molecular weight excluding hydrogens is 240 g/mol. The fraction of sp³-hybridized carbons (Fsp3) is 0.800. The van der Waals surface area contributed by atoms with Crippen molar-refractivity contribution in [2.45, 2.75) is 67.2 Å². The molecule has 0 spiro atoms. The van der Waals surface area contributed by atoms with Gasteiger partial charge < -0.3 is 0 Å². The number of allylic oxidation sites excluding steroid dienone is 4. The van der Waals surface area contributed by atoms with Crippen molar-refractivity contribution in [3.8, 4) is 0 Å². The Balaban J connectivity index is 0.000000121. The SMILES string of the molecule is CC1=CC[C@@H]2CC1C2(C)C.CC1=CC[C@H]2C[C@@H]1C2(C)C. The van der Waals surface area contributed by atoms with E-state index in [1.54, 1.807) is 11.1 Å². The first-order valence-electron chi connectivity index (χ1n) is 8.58. The third-order valence-corrected chi connectivity index (χ3v) is 7.49. The smallest absolute Gasteiger partial charge is 0.0149 e. The molecule has 0 radical (unpaired) electrons. The average Bonchev–Trinajstić information content (AvgIpc) is 2.38. The Hall–Kier alpha value is -0.520. The second kappa shape index (κ2) is 4.49. The molecule has 2 fully saturated rings. The summed E-state index contributed by atoms with van der Waals surface area (Å²) in [5.41, 5.74) is 4.57. The molecule has 4 bridgehead atoms. The van der Waals surface area contributed by atoms with Crippen LogP contribution in [0.25, 0.3) is 0 Å². The van der Waals surface area contributed by atoms with Crippen LogP contribution < -0.4 is 0 Å². The zero-order chi connectivity index (χ0) is 14.7. The van der Waals surface area contributed by atoms with E-state index in [2.05, 4.69) is 53.7 Å². The molecule has 0 aliphatic heterocycles. The molecule has 0 nitrogen and oxygen atoms in total. The van der Waals surface area contributed by atoms with E-state index < -0.39 is 0 Å². The van der Waals surface area contributed by atoms with E-state index in [-0.39, 0.29) is 0 Å². The number of rotatable bonds is 0. The first-order chi connectivity index (χ1) is 9.24. The minimum Gasteiger partial charge on any atom is -0.0850 e. The Morgan fingerprint density at radius 1 is 0.750 bits per heavy atom. The minimum absolute atomic E-state index is 0.638. The lowest BCUT2D eigenvalue weighted by Gasteiger charge is -2.56. The number of hydrogen-bond acceptors (Lipinski definition) is 0. The van der Waals surface area contributed by atoms with E-state index in [1.807, 2.05) is 0 Å². The molecule has 6 aliphatic carbocycles. The van der Waals surface area contributed by atoms with E-state index >= 15 is 0 Å². The molecule has 0 heteroatoms. The molecule has 0 aromatic rings.